The minimum atomic E-state index is -0.557. The molecular weight excluding hydrogens is 198 g/mol. The molecule has 0 radical (unpaired) electrons. The van der Waals surface area contributed by atoms with Crippen LogP contribution in [0.3, 0.4) is 0 Å². The van der Waals surface area contributed by atoms with Gasteiger partial charge in [0.1, 0.15) is 11.6 Å². The van der Waals surface area contributed by atoms with Crippen molar-refractivity contribution in [3.63, 3.8) is 0 Å². The lowest BCUT2D eigenvalue weighted by Gasteiger charge is -2.12. The molecule has 1 aromatic carbocycles. The Hall–Kier alpha value is -0.960. The summed E-state index contributed by atoms with van der Waals surface area (Å²) >= 11 is 0. The second-order valence-corrected chi connectivity index (χ2v) is 3.82. The number of rotatable bonds is 5. The first-order valence-electron chi connectivity index (χ1n) is 5.21. The van der Waals surface area contributed by atoms with Crippen molar-refractivity contribution in [1.29, 1.82) is 0 Å². The highest BCUT2D eigenvalue weighted by atomic mass is 19.1. The molecule has 1 atom stereocenters. The number of hydrogen-bond acceptors (Lipinski definition) is 1. The van der Waals surface area contributed by atoms with Crippen LogP contribution in [0.1, 0.15) is 25.3 Å². The van der Waals surface area contributed by atoms with E-state index in [4.69, 9.17) is 5.11 Å². The van der Waals surface area contributed by atoms with Crippen molar-refractivity contribution in [2.45, 2.75) is 26.2 Å². The van der Waals surface area contributed by atoms with E-state index in [1.807, 2.05) is 6.92 Å². The standard InChI is InChI=1S/C12H16F2O/c1-2-3-9(8-15)4-10-5-11(13)7-12(14)6-10/h5-7,9,15H,2-4,8H2,1H3. The van der Waals surface area contributed by atoms with Gasteiger partial charge in [0.25, 0.3) is 0 Å². The summed E-state index contributed by atoms with van der Waals surface area (Å²) in [6.07, 6.45) is 2.36. The van der Waals surface area contributed by atoms with Crippen molar-refractivity contribution in [3.05, 3.63) is 35.4 Å². The number of hydrogen-bond donors (Lipinski definition) is 1. The summed E-state index contributed by atoms with van der Waals surface area (Å²) in [4.78, 5) is 0. The second kappa shape index (κ2) is 5.81. The van der Waals surface area contributed by atoms with E-state index < -0.39 is 11.6 Å². The van der Waals surface area contributed by atoms with E-state index in [0.29, 0.717) is 12.0 Å². The van der Waals surface area contributed by atoms with Gasteiger partial charge in [-0.3, -0.25) is 0 Å². The Morgan fingerprint density at radius 3 is 2.27 bits per heavy atom. The normalized spacial score (nSPS) is 12.8. The Balaban J connectivity index is 2.69. The number of halogens is 2. The maximum absolute atomic E-state index is 12.9. The molecule has 0 aromatic heterocycles. The molecule has 0 bridgehead atoms. The van der Waals surface area contributed by atoms with Crippen LogP contribution in [0, 0.1) is 17.6 Å². The molecule has 0 aliphatic heterocycles. The van der Waals surface area contributed by atoms with Crippen LogP contribution in [0.25, 0.3) is 0 Å². The molecule has 15 heavy (non-hydrogen) atoms. The predicted molar refractivity (Wildman–Crippen MR) is 55.5 cm³/mol. The van der Waals surface area contributed by atoms with Crippen molar-refractivity contribution in [3.8, 4) is 0 Å². The molecule has 1 aromatic rings. The third-order valence-corrected chi connectivity index (χ3v) is 2.40. The third-order valence-electron chi connectivity index (χ3n) is 2.40. The van der Waals surface area contributed by atoms with Crippen LogP contribution in [0.2, 0.25) is 0 Å². The van der Waals surface area contributed by atoms with Crippen LogP contribution in [0.4, 0.5) is 8.78 Å². The molecule has 0 aliphatic rings. The summed E-state index contributed by atoms with van der Waals surface area (Å²) in [5, 5.41) is 9.07. The van der Waals surface area contributed by atoms with E-state index in [-0.39, 0.29) is 12.5 Å². The Morgan fingerprint density at radius 2 is 1.80 bits per heavy atom. The molecule has 0 fully saturated rings. The van der Waals surface area contributed by atoms with Gasteiger partial charge in [-0.05, 0) is 36.5 Å². The molecule has 0 aliphatic carbocycles. The van der Waals surface area contributed by atoms with Crippen LogP contribution in [-0.4, -0.2) is 11.7 Å². The lowest BCUT2D eigenvalue weighted by Crippen LogP contribution is -2.09. The van der Waals surface area contributed by atoms with Gasteiger partial charge in [0.05, 0.1) is 0 Å². The SMILES string of the molecule is CCCC(CO)Cc1cc(F)cc(F)c1. The molecule has 0 heterocycles. The molecule has 1 rings (SSSR count). The van der Waals surface area contributed by atoms with Gasteiger partial charge in [0.15, 0.2) is 0 Å². The van der Waals surface area contributed by atoms with Crippen LogP contribution < -0.4 is 0 Å². The molecule has 1 nitrogen and oxygen atoms in total. The van der Waals surface area contributed by atoms with Gasteiger partial charge in [0.2, 0.25) is 0 Å². The maximum Gasteiger partial charge on any atom is 0.126 e. The molecule has 84 valence electrons. The predicted octanol–water partition coefficient (Wildman–Crippen LogP) is 2.92. The number of benzene rings is 1. The van der Waals surface area contributed by atoms with Crippen LogP contribution in [0.15, 0.2) is 18.2 Å². The van der Waals surface area contributed by atoms with Gasteiger partial charge in [-0.15, -0.1) is 0 Å². The molecule has 0 saturated heterocycles. The van der Waals surface area contributed by atoms with Crippen molar-refractivity contribution in [1.82, 2.24) is 0 Å². The van der Waals surface area contributed by atoms with Gasteiger partial charge < -0.3 is 5.11 Å². The van der Waals surface area contributed by atoms with Crippen molar-refractivity contribution in [2.24, 2.45) is 5.92 Å². The highest BCUT2D eigenvalue weighted by molar-refractivity contribution is 5.18. The molecule has 1 N–H and O–H groups in total. The monoisotopic (exact) mass is 214 g/mol. The zero-order chi connectivity index (χ0) is 11.3. The lowest BCUT2D eigenvalue weighted by molar-refractivity contribution is 0.217. The van der Waals surface area contributed by atoms with Gasteiger partial charge in [-0.25, -0.2) is 8.78 Å². The average molecular weight is 214 g/mol. The summed E-state index contributed by atoms with van der Waals surface area (Å²) in [6.45, 7) is 2.08. The van der Waals surface area contributed by atoms with E-state index in [2.05, 4.69) is 0 Å². The Morgan fingerprint density at radius 1 is 1.20 bits per heavy atom. The molecular formula is C12H16F2O. The molecule has 0 spiro atoms. The average Bonchev–Trinajstić information content (AvgIpc) is 2.15. The van der Waals surface area contributed by atoms with Crippen LogP contribution in [-0.2, 0) is 6.42 Å². The largest absolute Gasteiger partial charge is 0.396 e. The molecule has 0 saturated carbocycles. The zero-order valence-electron chi connectivity index (χ0n) is 8.84. The Labute approximate surface area is 88.7 Å². The summed E-state index contributed by atoms with van der Waals surface area (Å²) in [6, 6.07) is 3.50. The van der Waals surface area contributed by atoms with Crippen molar-refractivity contribution >= 4 is 0 Å². The fourth-order valence-corrected chi connectivity index (χ4v) is 1.73. The van der Waals surface area contributed by atoms with Gasteiger partial charge in [0, 0.05) is 12.7 Å². The fraction of sp³-hybridized carbons (Fsp3) is 0.500. The van der Waals surface area contributed by atoms with E-state index in [0.717, 1.165) is 18.9 Å². The van der Waals surface area contributed by atoms with E-state index in [1.54, 1.807) is 0 Å². The summed E-state index contributed by atoms with van der Waals surface area (Å²) in [5.41, 5.74) is 0.611. The minimum absolute atomic E-state index is 0.0615. The number of aliphatic hydroxyl groups excluding tert-OH is 1. The van der Waals surface area contributed by atoms with Gasteiger partial charge in [-0.2, -0.15) is 0 Å². The first-order chi connectivity index (χ1) is 7.15. The summed E-state index contributed by atoms with van der Waals surface area (Å²) in [7, 11) is 0. The zero-order valence-corrected chi connectivity index (χ0v) is 8.84. The summed E-state index contributed by atoms with van der Waals surface area (Å²) in [5.74, 6) is -1.02. The maximum atomic E-state index is 12.9. The second-order valence-electron chi connectivity index (χ2n) is 3.82. The highest BCUT2D eigenvalue weighted by Crippen LogP contribution is 2.16. The molecule has 0 amide bonds. The van der Waals surface area contributed by atoms with Crippen LogP contribution >= 0.6 is 0 Å². The summed E-state index contributed by atoms with van der Waals surface area (Å²) < 4.78 is 25.7. The Kier molecular flexibility index (Phi) is 4.69. The first kappa shape index (κ1) is 12.1. The number of aliphatic hydroxyl groups is 1. The van der Waals surface area contributed by atoms with Crippen molar-refractivity contribution < 1.29 is 13.9 Å². The highest BCUT2D eigenvalue weighted by Gasteiger charge is 2.09. The smallest absolute Gasteiger partial charge is 0.126 e. The molecule has 1 unspecified atom stereocenters. The van der Waals surface area contributed by atoms with E-state index in [1.165, 1.54) is 12.1 Å². The van der Waals surface area contributed by atoms with E-state index in [9.17, 15) is 8.78 Å². The Bertz CT molecular complexity index is 292. The minimum Gasteiger partial charge on any atom is -0.396 e. The van der Waals surface area contributed by atoms with E-state index >= 15 is 0 Å². The molecule has 3 heteroatoms. The first-order valence-corrected chi connectivity index (χ1v) is 5.21. The van der Waals surface area contributed by atoms with Gasteiger partial charge in [-0.1, -0.05) is 13.3 Å². The fourth-order valence-electron chi connectivity index (χ4n) is 1.73. The third kappa shape index (κ3) is 3.96. The van der Waals surface area contributed by atoms with Crippen LogP contribution in [0.5, 0.6) is 0 Å². The van der Waals surface area contributed by atoms with Gasteiger partial charge >= 0.3 is 0 Å². The van der Waals surface area contributed by atoms with Crippen molar-refractivity contribution in [2.75, 3.05) is 6.61 Å². The topological polar surface area (TPSA) is 20.2 Å². The quantitative estimate of drug-likeness (QED) is 0.799. The lowest BCUT2D eigenvalue weighted by atomic mass is 9.96.